The number of hydrogen-bond donors (Lipinski definition) is 1. The van der Waals surface area contributed by atoms with Gasteiger partial charge in [-0.2, -0.15) is 0 Å². The highest BCUT2D eigenvalue weighted by Crippen LogP contribution is 2.45. The first kappa shape index (κ1) is 23.7. The minimum absolute atomic E-state index is 0.227. The Bertz CT molecular complexity index is 1080. The van der Waals surface area contributed by atoms with Crippen molar-refractivity contribution >= 4 is 15.9 Å². The predicted octanol–water partition coefficient (Wildman–Crippen LogP) is 3.73. The first-order valence-corrected chi connectivity index (χ1v) is 13.4. The Morgan fingerprint density at radius 2 is 1.82 bits per heavy atom. The number of rotatable bonds is 9. The van der Waals surface area contributed by atoms with Crippen molar-refractivity contribution in [3.05, 3.63) is 65.0 Å². The molecule has 33 heavy (non-hydrogen) atoms. The lowest BCUT2D eigenvalue weighted by atomic mass is 9.97. The minimum atomic E-state index is -3.77. The Labute approximate surface area is 195 Å². The van der Waals surface area contributed by atoms with Gasteiger partial charge in [-0.3, -0.25) is 4.79 Å². The van der Waals surface area contributed by atoms with Crippen LogP contribution in [0.25, 0.3) is 0 Å². The Morgan fingerprint density at radius 1 is 1.12 bits per heavy atom. The molecule has 0 bridgehead atoms. The first-order chi connectivity index (χ1) is 15.8. The van der Waals surface area contributed by atoms with Crippen molar-refractivity contribution in [2.24, 2.45) is 5.92 Å². The van der Waals surface area contributed by atoms with E-state index in [0.717, 1.165) is 63.6 Å². The van der Waals surface area contributed by atoms with Gasteiger partial charge in [0.15, 0.2) is 0 Å². The van der Waals surface area contributed by atoms with Crippen LogP contribution in [-0.4, -0.2) is 51.7 Å². The molecule has 1 saturated heterocycles. The second kappa shape index (κ2) is 10.2. The number of carbonyl (C=O) groups excluding carboxylic acids is 1. The number of nitrogens with zero attached hydrogens (tertiary/aromatic N) is 1. The number of amides is 1. The normalized spacial score (nSPS) is 17.6. The van der Waals surface area contributed by atoms with E-state index >= 15 is 0 Å². The zero-order valence-corrected chi connectivity index (χ0v) is 19.7. The monoisotopic (exact) mass is 474 g/mol. The number of hydrogen-bond acceptors (Lipinski definition) is 5. The second-order valence-corrected chi connectivity index (χ2v) is 10.9. The van der Waals surface area contributed by atoms with Crippen molar-refractivity contribution in [1.29, 1.82) is 0 Å². The summed E-state index contributed by atoms with van der Waals surface area (Å²) in [4.78, 5) is 14.7. The van der Waals surface area contributed by atoms with E-state index in [2.05, 4.69) is 29.2 Å². The Kier molecular flexibility index (Phi) is 7.34. The summed E-state index contributed by atoms with van der Waals surface area (Å²) in [7, 11) is -3.77. The number of halogens is 1. The average molecular weight is 475 g/mol. The van der Waals surface area contributed by atoms with Crippen LogP contribution in [0.2, 0.25) is 0 Å². The van der Waals surface area contributed by atoms with Crippen molar-refractivity contribution in [2.75, 3.05) is 32.5 Å². The molecule has 0 unspecified atom stereocenters. The number of benzene rings is 2. The summed E-state index contributed by atoms with van der Waals surface area (Å²) in [5, 5.41) is 0. The molecule has 0 spiro atoms. The van der Waals surface area contributed by atoms with E-state index in [4.69, 9.17) is 4.74 Å². The van der Waals surface area contributed by atoms with Crippen molar-refractivity contribution in [2.45, 2.75) is 38.0 Å². The molecule has 6 nitrogen and oxygen atoms in total. The van der Waals surface area contributed by atoms with Gasteiger partial charge in [0.2, 0.25) is 10.0 Å². The molecule has 2 aromatic rings. The van der Waals surface area contributed by atoms with Gasteiger partial charge in [0, 0.05) is 12.6 Å². The van der Waals surface area contributed by atoms with Crippen molar-refractivity contribution < 1.29 is 22.3 Å². The summed E-state index contributed by atoms with van der Waals surface area (Å²) in [6, 6.07) is 13.2. The fraction of sp³-hybridized carbons (Fsp3) is 0.480. The maximum atomic E-state index is 14.6. The topological polar surface area (TPSA) is 75.7 Å². The van der Waals surface area contributed by atoms with E-state index in [-0.39, 0.29) is 11.5 Å². The van der Waals surface area contributed by atoms with E-state index in [1.807, 2.05) is 10.8 Å². The molecule has 4 rings (SSSR count). The molecule has 1 aliphatic carbocycles. The fourth-order valence-electron chi connectivity index (χ4n) is 4.32. The molecule has 1 aliphatic heterocycles. The average Bonchev–Trinajstić information content (AvgIpc) is 3.62. The van der Waals surface area contributed by atoms with Gasteiger partial charge in [-0.25, -0.2) is 17.5 Å². The molecule has 8 heteroatoms. The zero-order chi connectivity index (χ0) is 23.4. The smallest absolute Gasteiger partial charge is 0.267 e. The van der Waals surface area contributed by atoms with Crippen LogP contribution in [0.3, 0.4) is 0 Å². The van der Waals surface area contributed by atoms with Gasteiger partial charge in [-0.1, -0.05) is 30.3 Å². The van der Waals surface area contributed by atoms with Gasteiger partial charge in [-0.15, -0.1) is 0 Å². The summed E-state index contributed by atoms with van der Waals surface area (Å²) < 4.78 is 45.2. The quantitative estimate of drug-likeness (QED) is 0.600. The molecular formula is C25H31FN2O4S. The van der Waals surface area contributed by atoms with Gasteiger partial charge in [0.1, 0.15) is 11.6 Å². The maximum absolute atomic E-state index is 14.6. The molecular weight excluding hydrogens is 443 g/mol. The standard InChI is InChI=1S/C25H31FN2O4S/c1-33(30,31)27-25(29)22-15-21(20-7-8-20)24(16-23(22)26)32-17-19-10-13-28(14-11-19)12-9-18-5-3-2-4-6-18/h2-6,15-16,19-20H,7-14,17H2,1H3,(H,27,29). The maximum Gasteiger partial charge on any atom is 0.267 e. The van der Waals surface area contributed by atoms with E-state index in [0.29, 0.717) is 18.3 Å². The second-order valence-electron chi connectivity index (χ2n) is 9.18. The number of sulfonamides is 1. The van der Waals surface area contributed by atoms with Gasteiger partial charge in [-0.05, 0) is 74.2 Å². The Hall–Kier alpha value is -2.45. The Balaban J connectivity index is 1.32. The van der Waals surface area contributed by atoms with Gasteiger partial charge < -0.3 is 9.64 Å². The zero-order valence-electron chi connectivity index (χ0n) is 18.9. The third-order valence-electron chi connectivity index (χ3n) is 6.38. The van der Waals surface area contributed by atoms with E-state index < -0.39 is 21.7 Å². The Morgan fingerprint density at radius 3 is 2.45 bits per heavy atom. The summed E-state index contributed by atoms with van der Waals surface area (Å²) in [6.45, 7) is 3.61. The largest absolute Gasteiger partial charge is 0.493 e. The molecule has 2 aliphatic rings. The van der Waals surface area contributed by atoms with Gasteiger partial charge in [0.05, 0.1) is 18.4 Å². The molecule has 1 amide bonds. The summed E-state index contributed by atoms with van der Waals surface area (Å²) in [5.41, 5.74) is 1.88. The van der Waals surface area contributed by atoms with Crippen LogP contribution in [0.5, 0.6) is 5.75 Å². The fourth-order valence-corrected chi connectivity index (χ4v) is 4.77. The number of likely N-dealkylation sites (tertiary alicyclic amines) is 1. The van der Waals surface area contributed by atoms with Crippen molar-refractivity contribution in [1.82, 2.24) is 9.62 Å². The van der Waals surface area contributed by atoms with E-state index in [1.54, 1.807) is 0 Å². The molecule has 0 aromatic heterocycles. The third kappa shape index (κ3) is 6.77. The molecule has 178 valence electrons. The molecule has 0 radical (unpaired) electrons. The van der Waals surface area contributed by atoms with Gasteiger partial charge >= 0.3 is 0 Å². The van der Waals surface area contributed by atoms with Crippen LogP contribution in [0.1, 0.15) is 53.1 Å². The SMILES string of the molecule is CS(=O)(=O)NC(=O)c1cc(C2CC2)c(OCC2CCN(CCc3ccccc3)CC2)cc1F. The third-order valence-corrected chi connectivity index (χ3v) is 6.94. The lowest BCUT2D eigenvalue weighted by Gasteiger charge is -2.32. The molecule has 1 saturated carbocycles. The predicted molar refractivity (Wildman–Crippen MR) is 125 cm³/mol. The molecule has 0 atom stereocenters. The highest BCUT2D eigenvalue weighted by Gasteiger charge is 2.30. The highest BCUT2D eigenvalue weighted by molar-refractivity contribution is 7.89. The molecule has 1 heterocycles. The number of ether oxygens (including phenoxy) is 1. The van der Waals surface area contributed by atoms with Crippen LogP contribution in [0, 0.1) is 11.7 Å². The van der Waals surface area contributed by atoms with E-state index in [1.165, 1.54) is 17.7 Å². The van der Waals surface area contributed by atoms with E-state index in [9.17, 15) is 17.6 Å². The van der Waals surface area contributed by atoms with Gasteiger partial charge in [0.25, 0.3) is 5.91 Å². The summed E-state index contributed by atoms with van der Waals surface area (Å²) in [5.74, 6) is -0.624. The highest BCUT2D eigenvalue weighted by atomic mass is 32.2. The van der Waals surface area contributed by atoms with Crippen LogP contribution in [0.4, 0.5) is 4.39 Å². The number of piperidine rings is 1. The number of nitrogens with one attached hydrogen (secondary N) is 1. The van der Waals surface area contributed by atoms with Crippen molar-refractivity contribution in [3.63, 3.8) is 0 Å². The summed E-state index contributed by atoms with van der Waals surface area (Å²) >= 11 is 0. The lowest BCUT2D eigenvalue weighted by Crippen LogP contribution is -2.36. The van der Waals surface area contributed by atoms with Crippen LogP contribution >= 0.6 is 0 Å². The molecule has 2 aromatic carbocycles. The molecule has 2 fully saturated rings. The van der Waals surface area contributed by atoms with Crippen molar-refractivity contribution in [3.8, 4) is 5.75 Å². The first-order valence-electron chi connectivity index (χ1n) is 11.5. The lowest BCUT2D eigenvalue weighted by molar-refractivity contribution is 0.0977. The van der Waals surface area contributed by atoms with Crippen LogP contribution in [-0.2, 0) is 16.4 Å². The van der Waals surface area contributed by atoms with Crippen LogP contribution in [0.15, 0.2) is 42.5 Å². The molecule has 1 N–H and O–H groups in total. The minimum Gasteiger partial charge on any atom is -0.493 e. The summed E-state index contributed by atoms with van der Waals surface area (Å²) in [6.07, 6.45) is 5.89. The van der Waals surface area contributed by atoms with Crippen LogP contribution < -0.4 is 9.46 Å². The number of carbonyl (C=O) groups is 1.